The number of rotatable bonds is 4. The number of H-pyrrole nitrogens is 1. The summed E-state index contributed by atoms with van der Waals surface area (Å²) in [7, 11) is 1.62. The number of aromatic amines is 1. The summed E-state index contributed by atoms with van der Waals surface area (Å²) >= 11 is 17.5. The van der Waals surface area contributed by atoms with E-state index >= 15 is 0 Å². The lowest BCUT2D eigenvalue weighted by Crippen LogP contribution is -2.19. The lowest BCUT2D eigenvalue weighted by atomic mass is 10.1. The van der Waals surface area contributed by atoms with Crippen LogP contribution in [0.4, 0.5) is 11.4 Å². The van der Waals surface area contributed by atoms with Crippen molar-refractivity contribution in [3.8, 4) is 17.1 Å². The fourth-order valence-electron chi connectivity index (χ4n) is 2.87. The number of halogens is 2. The molecular formula is C20H15Cl2N5OS. The Bertz CT molecular complexity index is 1160. The van der Waals surface area contributed by atoms with Crippen LogP contribution in [0.3, 0.4) is 0 Å². The second-order valence-electron chi connectivity index (χ2n) is 6.13. The van der Waals surface area contributed by atoms with Crippen LogP contribution >= 0.6 is 35.4 Å². The Labute approximate surface area is 182 Å². The summed E-state index contributed by atoms with van der Waals surface area (Å²) < 4.78 is 5.50. The predicted molar refractivity (Wildman–Crippen MR) is 122 cm³/mol. The van der Waals surface area contributed by atoms with E-state index in [1.807, 2.05) is 24.3 Å². The fourth-order valence-corrected chi connectivity index (χ4v) is 3.64. The third kappa shape index (κ3) is 4.42. The lowest BCUT2D eigenvalue weighted by Gasteiger charge is -2.13. The third-order valence-electron chi connectivity index (χ3n) is 4.12. The first-order chi connectivity index (χ1) is 14.0. The highest BCUT2D eigenvalue weighted by molar-refractivity contribution is 7.80. The highest BCUT2D eigenvalue weighted by Crippen LogP contribution is 2.32. The van der Waals surface area contributed by atoms with Gasteiger partial charge in [0.05, 0.1) is 29.9 Å². The van der Waals surface area contributed by atoms with Gasteiger partial charge in [0.1, 0.15) is 11.6 Å². The van der Waals surface area contributed by atoms with Gasteiger partial charge in [0.25, 0.3) is 0 Å². The molecule has 4 rings (SSSR count). The van der Waals surface area contributed by atoms with E-state index < -0.39 is 0 Å². The molecule has 0 spiro atoms. The van der Waals surface area contributed by atoms with E-state index in [2.05, 4.69) is 25.6 Å². The maximum Gasteiger partial charge on any atom is 0.175 e. The van der Waals surface area contributed by atoms with Crippen molar-refractivity contribution < 1.29 is 4.74 Å². The Kier molecular flexibility index (Phi) is 5.53. The number of hydrogen-bond acceptors (Lipinski definition) is 4. The van der Waals surface area contributed by atoms with Crippen molar-refractivity contribution in [1.82, 2.24) is 15.0 Å². The number of aromatic nitrogens is 3. The van der Waals surface area contributed by atoms with Crippen molar-refractivity contribution in [3.05, 3.63) is 64.9 Å². The molecule has 9 heteroatoms. The molecular weight excluding hydrogens is 429 g/mol. The largest absolute Gasteiger partial charge is 0.496 e. The van der Waals surface area contributed by atoms with Gasteiger partial charge in [-0.05, 0) is 54.7 Å². The fraction of sp³-hybridized carbons (Fsp3) is 0.0500. The molecule has 0 fully saturated rings. The number of fused-ring (bicyclic) bond motifs is 1. The average molecular weight is 444 g/mol. The van der Waals surface area contributed by atoms with Gasteiger partial charge in [-0.2, -0.15) is 0 Å². The van der Waals surface area contributed by atoms with Crippen molar-refractivity contribution >= 4 is 62.9 Å². The zero-order valence-electron chi connectivity index (χ0n) is 15.2. The van der Waals surface area contributed by atoms with E-state index in [-0.39, 0.29) is 0 Å². The summed E-state index contributed by atoms with van der Waals surface area (Å²) in [5, 5.41) is 7.66. The Morgan fingerprint density at radius 3 is 2.52 bits per heavy atom. The molecule has 4 aromatic rings. The molecule has 0 atom stereocenters. The Morgan fingerprint density at radius 2 is 1.79 bits per heavy atom. The number of nitrogens with one attached hydrogen (secondary N) is 3. The van der Waals surface area contributed by atoms with Gasteiger partial charge in [-0.3, -0.25) is 4.98 Å². The molecule has 29 heavy (non-hydrogen) atoms. The van der Waals surface area contributed by atoms with Crippen LogP contribution in [0.5, 0.6) is 5.75 Å². The minimum atomic E-state index is 0.397. The molecule has 0 aliphatic carbocycles. The molecule has 0 radical (unpaired) electrons. The highest BCUT2D eigenvalue weighted by atomic mass is 35.5. The van der Waals surface area contributed by atoms with Gasteiger partial charge in [-0.25, -0.2) is 4.98 Å². The Morgan fingerprint density at radius 1 is 1.03 bits per heavy atom. The van der Waals surface area contributed by atoms with Gasteiger partial charge in [0.2, 0.25) is 0 Å². The number of benzene rings is 2. The molecule has 3 N–H and O–H groups in total. The lowest BCUT2D eigenvalue weighted by molar-refractivity contribution is 0.416. The van der Waals surface area contributed by atoms with Gasteiger partial charge < -0.3 is 20.4 Å². The highest BCUT2D eigenvalue weighted by Gasteiger charge is 2.12. The summed E-state index contributed by atoms with van der Waals surface area (Å²) in [6.45, 7) is 0. The molecule has 2 aromatic carbocycles. The topological polar surface area (TPSA) is 74.9 Å². The molecule has 0 aliphatic rings. The van der Waals surface area contributed by atoms with Crippen LogP contribution < -0.4 is 15.4 Å². The minimum Gasteiger partial charge on any atom is -0.496 e. The standard InChI is InChI=1S/C20H15Cl2N5OS/c1-28-18-3-2-13(24-20(29)25-14-7-11(21)6-12(22)8-14)9-15(18)19-26-16-4-5-23-10-17(16)27-19/h2-10H,1H3,(H,26,27)(H2,24,25,29). The van der Waals surface area contributed by atoms with Gasteiger partial charge in [-0.15, -0.1) is 0 Å². The number of methoxy groups -OCH3 is 1. The number of ether oxygens (including phenoxy) is 1. The summed E-state index contributed by atoms with van der Waals surface area (Å²) in [5.41, 5.74) is 3.93. The van der Waals surface area contributed by atoms with Gasteiger partial charge >= 0.3 is 0 Å². The molecule has 2 aromatic heterocycles. The molecule has 0 saturated carbocycles. The summed E-state index contributed by atoms with van der Waals surface area (Å²) in [4.78, 5) is 12.0. The zero-order valence-corrected chi connectivity index (χ0v) is 17.5. The van der Waals surface area contributed by atoms with Gasteiger partial charge in [0.15, 0.2) is 5.11 Å². The first-order valence-electron chi connectivity index (χ1n) is 8.54. The number of thiocarbonyl (C=S) groups is 1. The Hall–Kier alpha value is -2.87. The maximum absolute atomic E-state index is 6.03. The normalized spacial score (nSPS) is 10.7. The van der Waals surface area contributed by atoms with E-state index in [1.165, 1.54) is 0 Å². The quantitative estimate of drug-likeness (QED) is 0.348. The molecule has 6 nitrogen and oxygen atoms in total. The molecule has 0 aliphatic heterocycles. The smallest absolute Gasteiger partial charge is 0.175 e. The summed E-state index contributed by atoms with van der Waals surface area (Å²) in [6, 6.07) is 12.6. The Balaban J connectivity index is 1.60. The number of hydrogen-bond donors (Lipinski definition) is 3. The van der Waals surface area contributed by atoms with Crippen molar-refractivity contribution in [2.75, 3.05) is 17.7 Å². The van der Waals surface area contributed by atoms with Crippen molar-refractivity contribution in [3.63, 3.8) is 0 Å². The van der Waals surface area contributed by atoms with E-state index in [4.69, 9.17) is 40.2 Å². The molecule has 0 saturated heterocycles. The van der Waals surface area contributed by atoms with E-state index in [1.54, 1.807) is 37.7 Å². The van der Waals surface area contributed by atoms with Crippen LogP contribution in [-0.2, 0) is 0 Å². The molecule has 146 valence electrons. The van der Waals surface area contributed by atoms with E-state index in [0.29, 0.717) is 32.4 Å². The van der Waals surface area contributed by atoms with Crippen molar-refractivity contribution in [1.29, 1.82) is 0 Å². The molecule has 0 bridgehead atoms. The molecule has 0 unspecified atom stereocenters. The monoisotopic (exact) mass is 443 g/mol. The van der Waals surface area contributed by atoms with Crippen LogP contribution in [0, 0.1) is 0 Å². The number of pyridine rings is 1. The van der Waals surface area contributed by atoms with E-state index in [0.717, 1.165) is 22.3 Å². The summed E-state index contributed by atoms with van der Waals surface area (Å²) in [5.74, 6) is 1.36. The second kappa shape index (κ2) is 8.24. The van der Waals surface area contributed by atoms with Crippen molar-refractivity contribution in [2.45, 2.75) is 0 Å². The number of anilines is 2. The first kappa shape index (κ1) is 19.4. The van der Waals surface area contributed by atoms with Gasteiger partial charge in [-0.1, -0.05) is 23.2 Å². The second-order valence-corrected chi connectivity index (χ2v) is 7.41. The van der Waals surface area contributed by atoms with Gasteiger partial charge in [0, 0.05) is 27.6 Å². The maximum atomic E-state index is 6.03. The third-order valence-corrected chi connectivity index (χ3v) is 4.76. The first-order valence-corrected chi connectivity index (χ1v) is 9.70. The van der Waals surface area contributed by atoms with Crippen LogP contribution in [0.25, 0.3) is 22.4 Å². The van der Waals surface area contributed by atoms with E-state index in [9.17, 15) is 0 Å². The average Bonchev–Trinajstić information content (AvgIpc) is 3.11. The van der Waals surface area contributed by atoms with Crippen molar-refractivity contribution in [2.24, 2.45) is 0 Å². The van der Waals surface area contributed by atoms with Crippen LogP contribution in [0.1, 0.15) is 0 Å². The number of imidazole rings is 1. The SMILES string of the molecule is COc1ccc(NC(=S)Nc2cc(Cl)cc(Cl)c2)cc1-c1nc2ccncc2[nH]1. The molecule has 2 heterocycles. The number of nitrogens with zero attached hydrogens (tertiary/aromatic N) is 2. The predicted octanol–water partition coefficient (Wildman–Crippen LogP) is 5.75. The van der Waals surface area contributed by atoms with Crippen LogP contribution in [0.2, 0.25) is 10.0 Å². The zero-order chi connectivity index (χ0) is 20.4. The van der Waals surface area contributed by atoms with Crippen LogP contribution in [0.15, 0.2) is 54.9 Å². The minimum absolute atomic E-state index is 0.397. The van der Waals surface area contributed by atoms with Crippen LogP contribution in [-0.4, -0.2) is 27.2 Å². The molecule has 0 amide bonds. The summed E-state index contributed by atoms with van der Waals surface area (Å²) in [6.07, 6.45) is 3.43.